The molecule has 0 fully saturated rings. The molecule has 0 aliphatic rings. The van der Waals surface area contributed by atoms with Gasteiger partial charge in [-0.05, 0) is 102 Å². The van der Waals surface area contributed by atoms with Gasteiger partial charge >= 0.3 is 5.97 Å². The molecule has 0 aliphatic carbocycles. The van der Waals surface area contributed by atoms with Crippen LogP contribution in [0.15, 0.2) is 97.2 Å². The molecule has 1 N–H and O–H groups in total. The van der Waals surface area contributed by atoms with E-state index >= 15 is 0 Å². The third-order valence-corrected chi connectivity index (χ3v) is 14.7. The normalized spacial score (nSPS) is 14.3. The summed E-state index contributed by atoms with van der Waals surface area (Å²) in [5, 5.41) is 2.99. The number of hydrogen-bond donors (Lipinski definition) is 1. The summed E-state index contributed by atoms with van der Waals surface area (Å²) in [6.45, 7) is 6.66. The van der Waals surface area contributed by atoms with Crippen LogP contribution >= 0.6 is 7.82 Å². The maximum absolute atomic E-state index is 13.5. The predicted octanol–water partition coefficient (Wildman–Crippen LogP) is 19.3. The first-order valence-electron chi connectivity index (χ1n) is 32.0. The Labute approximate surface area is 481 Å². The number of nitrogens with one attached hydrogen (secondary N) is 1. The van der Waals surface area contributed by atoms with Gasteiger partial charge < -0.3 is 28.5 Å². The number of hydrogen-bond acceptors (Lipinski definition) is 7. The van der Waals surface area contributed by atoms with Gasteiger partial charge in [-0.25, -0.2) is 0 Å². The molecule has 0 aromatic carbocycles. The number of nitrogens with zero attached hydrogens (tertiary/aromatic N) is 1. The summed E-state index contributed by atoms with van der Waals surface area (Å²) in [6.07, 6.45) is 76.8. The zero-order valence-electron chi connectivity index (χ0n) is 51.3. The number of rotatable bonds is 57. The first-order valence-corrected chi connectivity index (χ1v) is 33.5. The van der Waals surface area contributed by atoms with Gasteiger partial charge in [0.2, 0.25) is 5.91 Å². The lowest BCUT2D eigenvalue weighted by molar-refractivity contribution is -0.870. The second kappa shape index (κ2) is 57.2. The monoisotopic (exact) mass is 1110 g/mol. The highest BCUT2D eigenvalue weighted by Crippen LogP contribution is 2.38. The minimum absolute atomic E-state index is 0.0367. The van der Waals surface area contributed by atoms with Crippen LogP contribution in [0.1, 0.15) is 271 Å². The number of carbonyl (C=O) groups excluding carboxylic acids is 2. The fourth-order valence-corrected chi connectivity index (χ4v) is 9.55. The lowest BCUT2D eigenvalue weighted by Crippen LogP contribution is -2.47. The van der Waals surface area contributed by atoms with Crippen molar-refractivity contribution in [1.82, 2.24) is 5.32 Å². The summed E-state index contributed by atoms with van der Waals surface area (Å²) in [7, 11) is 1.14. The first kappa shape index (κ1) is 74.9. The Morgan fingerprint density at radius 3 is 1.28 bits per heavy atom. The van der Waals surface area contributed by atoms with E-state index in [0.717, 1.165) is 83.5 Å². The number of ether oxygens (including phenoxy) is 1. The molecule has 0 rings (SSSR count). The average Bonchev–Trinajstić information content (AvgIpc) is 3.40. The van der Waals surface area contributed by atoms with Crippen molar-refractivity contribution in [2.75, 3.05) is 40.9 Å². The van der Waals surface area contributed by atoms with Gasteiger partial charge in [-0.2, -0.15) is 0 Å². The number of quaternary nitrogens is 1. The zero-order chi connectivity index (χ0) is 57.2. The molecular formula is C68H121N2O7P. The van der Waals surface area contributed by atoms with Crippen LogP contribution in [0, 0.1) is 0 Å². The summed E-state index contributed by atoms with van der Waals surface area (Å²) < 4.78 is 30.3. The maximum atomic E-state index is 13.5. The molecule has 3 atom stereocenters. The van der Waals surface area contributed by atoms with E-state index in [4.69, 9.17) is 13.8 Å². The summed E-state index contributed by atoms with van der Waals surface area (Å²) in [5.41, 5.74) is 0. The number of carbonyl (C=O) groups is 2. The molecular weight excluding hydrogens is 988 g/mol. The average molecular weight is 1110 g/mol. The summed E-state index contributed by atoms with van der Waals surface area (Å²) in [6, 6.07) is -0.923. The molecule has 1 amide bonds. The van der Waals surface area contributed by atoms with Crippen LogP contribution in [-0.2, 0) is 27.9 Å². The van der Waals surface area contributed by atoms with E-state index in [1.807, 2.05) is 33.3 Å². The Balaban J connectivity index is 5.25. The molecule has 0 radical (unpaired) electrons. The largest absolute Gasteiger partial charge is 0.756 e. The van der Waals surface area contributed by atoms with Gasteiger partial charge in [0, 0.05) is 12.8 Å². The smallest absolute Gasteiger partial charge is 0.306 e. The second-order valence-corrected chi connectivity index (χ2v) is 23.9. The van der Waals surface area contributed by atoms with Gasteiger partial charge in [0.15, 0.2) is 0 Å². The summed E-state index contributed by atoms with van der Waals surface area (Å²) >= 11 is 0. The van der Waals surface area contributed by atoms with Crippen LogP contribution in [0.4, 0.5) is 0 Å². The molecule has 0 saturated heterocycles. The van der Waals surface area contributed by atoms with Crippen molar-refractivity contribution in [3.05, 3.63) is 97.2 Å². The van der Waals surface area contributed by atoms with Crippen molar-refractivity contribution in [3.63, 3.8) is 0 Å². The van der Waals surface area contributed by atoms with E-state index in [9.17, 15) is 19.0 Å². The zero-order valence-corrected chi connectivity index (χ0v) is 52.2. The van der Waals surface area contributed by atoms with Crippen molar-refractivity contribution in [2.45, 2.75) is 283 Å². The first-order chi connectivity index (χ1) is 37.9. The minimum atomic E-state index is -4.72. The number of phosphoric acid groups is 1. The number of amides is 1. The number of allylic oxidation sites excluding steroid dienone is 15. The van der Waals surface area contributed by atoms with Crippen molar-refractivity contribution < 1.29 is 37.3 Å². The molecule has 0 aromatic heterocycles. The minimum Gasteiger partial charge on any atom is -0.756 e. The van der Waals surface area contributed by atoms with Crippen LogP contribution in [0.3, 0.4) is 0 Å². The number of phosphoric ester groups is 1. The molecule has 0 bridgehead atoms. The Bertz CT molecular complexity index is 1660. The highest BCUT2D eigenvalue weighted by atomic mass is 31.2. The molecule has 10 heteroatoms. The third-order valence-electron chi connectivity index (χ3n) is 13.7. The standard InChI is InChI=1S/C68H121N2O7P/c1-7-10-13-16-19-22-25-28-30-32-33-34-35-36-37-39-41-43-46-49-52-55-58-61-68(72)77-66(59-56-53-50-47-44-27-24-21-18-15-12-9-3)65(64-76-78(73,74)75-63-62-70(4,5)6)69-67(71)60-57-54-51-48-45-42-40-38-31-29-26-23-20-17-14-11-8-2/h11,14,19-20,22-23,28-31,40,42,48,51,56,59,65-66H,7-10,12-13,15-18,21,24-27,32-39,41,43-47,49-50,52-55,57-58,60-64H2,1-6H3,(H-,69,71,73,74)/b14-11-,22-19-,23-20-,30-28-,31-29-,42-40-,51-48-,59-56-. The fourth-order valence-electron chi connectivity index (χ4n) is 8.82. The SMILES string of the molecule is CC/C=C\C/C=C\C/C=C\C/C=C\C/C=C\CCCC(=O)NC(COP(=O)([O-])OCC[N+](C)(C)C)C(/C=C\CCCCCCCCCCCC)OC(=O)CCCCCCCCCCCCCCC/C=C\C/C=C\CCCCC. The van der Waals surface area contributed by atoms with E-state index < -0.39 is 26.6 Å². The number of unbranched alkanes of at least 4 members (excludes halogenated alkanes) is 27. The van der Waals surface area contributed by atoms with Crippen molar-refractivity contribution >= 4 is 19.7 Å². The highest BCUT2D eigenvalue weighted by Gasteiger charge is 2.27. The predicted molar refractivity (Wildman–Crippen MR) is 334 cm³/mol. The Morgan fingerprint density at radius 2 is 0.833 bits per heavy atom. The van der Waals surface area contributed by atoms with Crippen molar-refractivity contribution in [2.24, 2.45) is 0 Å². The van der Waals surface area contributed by atoms with Crippen LogP contribution in [0.25, 0.3) is 0 Å². The molecule has 3 unspecified atom stereocenters. The Hall–Kier alpha value is -3.07. The van der Waals surface area contributed by atoms with Crippen LogP contribution in [-0.4, -0.2) is 69.4 Å². The van der Waals surface area contributed by atoms with Gasteiger partial charge in [0.1, 0.15) is 19.3 Å². The number of likely N-dealkylation sites (N-methyl/N-ethyl adjacent to an activating group) is 1. The quantitative estimate of drug-likeness (QED) is 0.0212. The Kier molecular flexibility index (Phi) is 54.9. The van der Waals surface area contributed by atoms with E-state index in [1.165, 1.54) is 148 Å². The van der Waals surface area contributed by atoms with Crippen LogP contribution in [0.5, 0.6) is 0 Å². The Morgan fingerprint density at radius 1 is 0.462 bits per heavy atom. The molecule has 0 saturated carbocycles. The second-order valence-electron chi connectivity index (χ2n) is 22.5. The maximum Gasteiger partial charge on any atom is 0.306 e. The van der Waals surface area contributed by atoms with Gasteiger partial charge in [-0.1, -0.05) is 253 Å². The molecule has 450 valence electrons. The van der Waals surface area contributed by atoms with Gasteiger partial charge in [-0.15, -0.1) is 0 Å². The van der Waals surface area contributed by atoms with E-state index in [0.29, 0.717) is 17.4 Å². The number of esters is 1. The lowest BCUT2D eigenvalue weighted by Gasteiger charge is -2.30. The molecule has 0 spiro atoms. The molecule has 0 aromatic rings. The van der Waals surface area contributed by atoms with Crippen molar-refractivity contribution in [3.8, 4) is 0 Å². The molecule has 0 aliphatic heterocycles. The third kappa shape index (κ3) is 57.6. The van der Waals surface area contributed by atoms with E-state index in [-0.39, 0.29) is 31.3 Å². The lowest BCUT2D eigenvalue weighted by atomic mass is 10.0. The molecule has 9 nitrogen and oxygen atoms in total. The fraction of sp³-hybridized carbons (Fsp3) is 0.735. The van der Waals surface area contributed by atoms with Gasteiger partial charge in [0.25, 0.3) is 7.82 Å². The van der Waals surface area contributed by atoms with Gasteiger partial charge in [-0.3, -0.25) is 14.2 Å². The van der Waals surface area contributed by atoms with Crippen molar-refractivity contribution in [1.29, 1.82) is 0 Å². The van der Waals surface area contributed by atoms with E-state index in [1.54, 1.807) is 0 Å². The topological polar surface area (TPSA) is 114 Å². The van der Waals surface area contributed by atoms with Crippen LogP contribution in [0.2, 0.25) is 0 Å². The van der Waals surface area contributed by atoms with Crippen LogP contribution < -0.4 is 10.2 Å². The molecule has 0 heterocycles. The summed E-state index contributed by atoms with van der Waals surface area (Å²) in [5.74, 6) is -0.610. The van der Waals surface area contributed by atoms with E-state index in [2.05, 4.69) is 111 Å². The highest BCUT2D eigenvalue weighted by molar-refractivity contribution is 7.45. The molecule has 78 heavy (non-hydrogen) atoms. The van der Waals surface area contributed by atoms with Gasteiger partial charge in [0.05, 0.1) is 33.8 Å². The summed E-state index contributed by atoms with van der Waals surface area (Å²) in [4.78, 5) is 40.0.